The molecule has 8 heteroatoms. The Balaban J connectivity index is 1.42. The molecule has 1 aromatic carbocycles. The number of hydrogen-bond acceptors (Lipinski definition) is 4. The van der Waals surface area contributed by atoms with Gasteiger partial charge in [-0.05, 0) is 37.1 Å². The lowest BCUT2D eigenvalue weighted by atomic mass is 9.77. The van der Waals surface area contributed by atoms with Crippen LogP contribution in [0.1, 0.15) is 24.8 Å². The standard InChI is InChI=1S/C20H23FN4O3/c1-23-18(26)10-17(19(27)28)20(23)6-8-24(9-7-20)12-14-11-22-25(13-14)16-4-2-15(21)3-5-16/h2-5,11,13,17H,6-10,12H2,1H3,(H,27,28). The van der Waals surface area contributed by atoms with Crippen LogP contribution in [-0.2, 0) is 16.1 Å². The Labute approximate surface area is 162 Å². The van der Waals surface area contributed by atoms with Crippen LogP contribution < -0.4 is 0 Å². The number of aliphatic carboxylic acids is 1. The lowest BCUT2D eigenvalue weighted by molar-refractivity contribution is -0.146. The number of benzene rings is 1. The molecule has 0 radical (unpaired) electrons. The number of amides is 1. The second-order valence-corrected chi connectivity index (χ2v) is 7.70. The number of likely N-dealkylation sites (tertiary alicyclic amines) is 2. The van der Waals surface area contributed by atoms with Crippen molar-refractivity contribution in [1.29, 1.82) is 0 Å². The molecule has 7 nitrogen and oxygen atoms in total. The Morgan fingerprint density at radius 3 is 2.61 bits per heavy atom. The van der Waals surface area contributed by atoms with E-state index < -0.39 is 17.4 Å². The summed E-state index contributed by atoms with van der Waals surface area (Å²) in [5.74, 6) is -1.88. The van der Waals surface area contributed by atoms with Gasteiger partial charge in [-0.25, -0.2) is 9.07 Å². The first kappa shape index (κ1) is 18.6. The lowest BCUT2D eigenvalue weighted by Crippen LogP contribution is -2.55. The number of hydrogen-bond donors (Lipinski definition) is 1. The second kappa shape index (κ2) is 7.01. The third kappa shape index (κ3) is 3.17. The highest BCUT2D eigenvalue weighted by Gasteiger charge is 2.55. The highest BCUT2D eigenvalue weighted by molar-refractivity contribution is 5.88. The SMILES string of the molecule is CN1C(=O)CC(C(=O)O)C12CCN(Cc1cnn(-c3ccc(F)cc3)c1)CC2. The quantitative estimate of drug-likeness (QED) is 0.869. The van der Waals surface area contributed by atoms with E-state index in [9.17, 15) is 19.1 Å². The summed E-state index contributed by atoms with van der Waals surface area (Å²) in [6, 6.07) is 6.16. The Hall–Kier alpha value is -2.74. The van der Waals surface area contributed by atoms with E-state index >= 15 is 0 Å². The zero-order chi connectivity index (χ0) is 19.9. The zero-order valence-electron chi connectivity index (χ0n) is 15.7. The van der Waals surface area contributed by atoms with Crippen LogP contribution in [-0.4, -0.2) is 62.2 Å². The molecule has 3 heterocycles. The van der Waals surface area contributed by atoms with Gasteiger partial charge in [-0.15, -0.1) is 0 Å². The minimum Gasteiger partial charge on any atom is -0.481 e. The zero-order valence-corrected chi connectivity index (χ0v) is 15.7. The Kier molecular flexibility index (Phi) is 4.66. The van der Waals surface area contributed by atoms with Crippen LogP contribution >= 0.6 is 0 Å². The van der Waals surface area contributed by atoms with Crippen molar-refractivity contribution in [3.8, 4) is 5.69 Å². The largest absolute Gasteiger partial charge is 0.481 e. The summed E-state index contributed by atoms with van der Waals surface area (Å²) < 4.78 is 14.8. The van der Waals surface area contributed by atoms with Crippen LogP contribution in [0, 0.1) is 11.7 Å². The van der Waals surface area contributed by atoms with Crippen molar-refractivity contribution in [3.63, 3.8) is 0 Å². The molecule has 2 saturated heterocycles. The number of rotatable bonds is 4. The smallest absolute Gasteiger partial charge is 0.309 e. The topological polar surface area (TPSA) is 78.7 Å². The minimum absolute atomic E-state index is 0.0820. The van der Waals surface area contributed by atoms with Crippen molar-refractivity contribution < 1.29 is 19.1 Å². The first-order valence-electron chi connectivity index (χ1n) is 9.40. The van der Waals surface area contributed by atoms with Gasteiger partial charge in [0.25, 0.3) is 0 Å². The summed E-state index contributed by atoms with van der Waals surface area (Å²) in [6.07, 6.45) is 5.11. The number of aromatic nitrogens is 2. The molecule has 4 rings (SSSR count). The first-order valence-corrected chi connectivity index (χ1v) is 9.40. The van der Waals surface area contributed by atoms with Crippen molar-refractivity contribution in [2.45, 2.75) is 31.3 Å². The van der Waals surface area contributed by atoms with E-state index in [0.29, 0.717) is 19.4 Å². The fourth-order valence-electron chi connectivity index (χ4n) is 4.52. The molecular formula is C20H23FN4O3. The normalized spacial score (nSPS) is 22.1. The predicted octanol–water partition coefficient (Wildman–Crippen LogP) is 1.91. The van der Waals surface area contributed by atoms with Gasteiger partial charge in [0.15, 0.2) is 0 Å². The van der Waals surface area contributed by atoms with Gasteiger partial charge in [0, 0.05) is 44.9 Å². The Morgan fingerprint density at radius 2 is 1.96 bits per heavy atom. The summed E-state index contributed by atoms with van der Waals surface area (Å²) in [4.78, 5) is 27.7. The molecule has 148 valence electrons. The molecule has 1 aromatic heterocycles. The molecule has 1 unspecified atom stereocenters. The summed E-state index contributed by atoms with van der Waals surface area (Å²) in [6.45, 7) is 2.15. The van der Waals surface area contributed by atoms with Crippen LogP contribution in [0.15, 0.2) is 36.7 Å². The van der Waals surface area contributed by atoms with Gasteiger partial charge in [-0.1, -0.05) is 0 Å². The van der Waals surface area contributed by atoms with Gasteiger partial charge in [0.2, 0.25) is 5.91 Å². The van der Waals surface area contributed by atoms with Crippen LogP contribution in [0.3, 0.4) is 0 Å². The Bertz CT molecular complexity index is 887. The van der Waals surface area contributed by atoms with E-state index in [4.69, 9.17) is 0 Å². The van der Waals surface area contributed by atoms with Gasteiger partial charge >= 0.3 is 5.97 Å². The molecule has 1 atom stereocenters. The number of nitrogens with zero attached hydrogens (tertiary/aromatic N) is 4. The number of carboxylic acids is 1. The molecule has 2 fully saturated rings. The van der Waals surface area contributed by atoms with Gasteiger partial charge < -0.3 is 10.0 Å². The molecule has 0 saturated carbocycles. The Morgan fingerprint density at radius 1 is 1.29 bits per heavy atom. The predicted molar refractivity (Wildman–Crippen MR) is 99.3 cm³/mol. The van der Waals surface area contributed by atoms with Crippen molar-refractivity contribution in [2.75, 3.05) is 20.1 Å². The van der Waals surface area contributed by atoms with Gasteiger partial charge in [0.1, 0.15) is 5.82 Å². The second-order valence-electron chi connectivity index (χ2n) is 7.70. The molecule has 1 N–H and O–H groups in total. The van der Waals surface area contributed by atoms with E-state index in [-0.39, 0.29) is 18.1 Å². The van der Waals surface area contributed by atoms with Crippen LogP contribution in [0.4, 0.5) is 4.39 Å². The van der Waals surface area contributed by atoms with Crippen molar-refractivity contribution in [3.05, 3.63) is 48.0 Å². The third-order valence-corrected chi connectivity index (χ3v) is 6.22. The maximum Gasteiger partial charge on any atom is 0.309 e. The first-order chi connectivity index (χ1) is 13.4. The van der Waals surface area contributed by atoms with Crippen LogP contribution in [0.5, 0.6) is 0 Å². The summed E-state index contributed by atoms with van der Waals surface area (Å²) >= 11 is 0. The number of carbonyl (C=O) groups is 2. The minimum atomic E-state index is -0.883. The van der Waals surface area contributed by atoms with Gasteiger partial charge in [-0.3, -0.25) is 14.5 Å². The maximum absolute atomic E-state index is 13.1. The summed E-state index contributed by atoms with van der Waals surface area (Å²) in [5.41, 5.74) is 1.25. The van der Waals surface area contributed by atoms with Crippen molar-refractivity contribution >= 4 is 11.9 Å². The van der Waals surface area contributed by atoms with Crippen LogP contribution in [0.2, 0.25) is 0 Å². The monoisotopic (exact) mass is 386 g/mol. The maximum atomic E-state index is 13.1. The fourth-order valence-corrected chi connectivity index (χ4v) is 4.52. The molecule has 2 aliphatic heterocycles. The third-order valence-electron chi connectivity index (χ3n) is 6.22. The van der Waals surface area contributed by atoms with E-state index in [0.717, 1.165) is 24.3 Å². The van der Waals surface area contributed by atoms with E-state index in [1.165, 1.54) is 12.1 Å². The highest BCUT2D eigenvalue weighted by Crippen LogP contribution is 2.43. The van der Waals surface area contributed by atoms with E-state index in [2.05, 4.69) is 10.00 Å². The molecule has 1 amide bonds. The summed E-state index contributed by atoms with van der Waals surface area (Å²) in [7, 11) is 1.73. The van der Waals surface area contributed by atoms with Crippen LogP contribution in [0.25, 0.3) is 5.69 Å². The van der Waals surface area contributed by atoms with Crippen molar-refractivity contribution in [1.82, 2.24) is 19.6 Å². The molecule has 1 spiro atoms. The average Bonchev–Trinajstić information content (AvgIpc) is 3.23. The number of carboxylic acid groups (broad SMARTS) is 1. The molecule has 2 aromatic rings. The van der Waals surface area contributed by atoms with E-state index in [1.54, 1.807) is 35.0 Å². The molecule has 0 aliphatic carbocycles. The number of halogens is 1. The fraction of sp³-hybridized carbons (Fsp3) is 0.450. The lowest BCUT2D eigenvalue weighted by Gasteiger charge is -2.45. The average molecular weight is 386 g/mol. The van der Waals surface area contributed by atoms with E-state index in [1.807, 2.05) is 6.20 Å². The van der Waals surface area contributed by atoms with Crippen molar-refractivity contribution in [2.24, 2.45) is 5.92 Å². The van der Waals surface area contributed by atoms with Gasteiger partial charge in [0.05, 0.1) is 23.3 Å². The molecule has 28 heavy (non-hydrogen) atoms. The van der Waals surface area contributed by atoms with Gasteiger partial charge in [-0.2, -0.15) is 5.10 Å². The number of carbonyl (C=O) groups excluding carboxylic acids is 1. The highest BCUT2D eigenvalue weighted by atomic mass is 19.1. The molecule has 0 bridgehead atoms. The molecular weight excluding hydrogens is 363 g/mol. The molecule has 2 aliphatic rings. The number of piperidine rings is 1. The summed E-state index contributed by atoms with van der Waals surface area (Å²) in [5, 5.41) is 13.9.